The summed E-state index contributed by atoms with van der Waals surface area (Å²) in [6, 6.07) is -0.0452. The van der Waals surface area contributed by atoms with Crippen molar-refractivity contribution in [3.8, 4) is 0 Å². The molecule has 0 aromatic carbocycles. The highest BCUT2D eigenvalue weighted by molar-refractivity contribution is 5.82. The first-order valence-corrected chi connectivity index (χ1v) is 6.54. The van der Waals surface area contributed by atoms with E-state index in [4.69, 9.17) is 0 Å². The maximum Gasteiger partial charge on any atom is 0.239 e. The molecule has 1 heterocycles. The van der Waals surface area contributed by atoms with Crippen molar-refractivity contribution in [3.63, 3.8) is 0 Å². The van der Waals surface area contributed by atoms with Gasteiger partial charge in [0.05, 0.1) is 6.04 Å². The van der Waals surface area contributed by atoms with Crippen LogP contribution in [0.1, 0.15) is 33.6 Å². The first-order chi connectivity index (χ1) is 7.84. The SMILES string of the molecule is CC1NCCC(C)(C)N(CCCN(C)C)C1=O. The molecule has 1 amide bonds. The molecule has 4 nitrogen and oxygen atoms in total. The molecule has 17 heavy (non-hydrogen) atoms. The van der Waals surface area contributed by atoms with E-state index >= 15 is 0 Å². The fraction of sp³-hybridized carbons (Fsp3) is 0.923. The molecule has 1 rings (SSSR count). The van der Waals surface area contributed by atoms with E-state index < -0.39 is 0 Å². The number of carbonyl (C=O) groups excluding carboxylic acids is 1. The minimum absolute atomic E-state index is 0.0266. The molecule has 1 atom stereocenters. The maximum absolute atomic E-state index is 12.3. The van der Waals surface area contributed by atoms with E-state index in [0.29, 0.717) is 0 Å². The number of nitrogens with zero attached hydrogens (tertiary/aromatic N) is 2. The lowest BCUT2D eigenvalue weighted by Gasteiger charge is -2.38. The lowest BCUT2D eigenvalue weighted by atomic mass is 9.98. The van der Waals surface area contributed by atoms with Gasteiger partial charge in [-0.3, -0.25) is 4.79 Å². The molecule has 4 heteroatoms. The van der Waals surface area contributed by atoms with Gasteiger partial charge in [0.15, 0.2) is 0 Å². The second-order valence-corrected chi connectivity index (χ2v) is 5.88. The van der Waals surface area contributed by atoms with Gasteiger partial charge in [0.25, 0.3) is 0 Å². The highest BCUT2D eigenvalue weighted by Gasteiger charge is 2.35. The summed E-state index contributed by atoms with van der Waals surface area (Å²) in [6.07, 6.45) is 2.06. The van der Waals surface area contributed by atoms with Gasteiger partial charge in [-0.05, 0) is 60.8 Å². The fourth-order valence-corrected chi connectivity index (χ4v) is 2.31. The Hall–Kier alpha value is -0.610. The number of rotatable bonds is 4. The second-order valence-electron chi connectivity index (χ2n) is 5.88. The average Bonchev–Trinajstić information content (AvgIpc) is 2.29. The molecule has 0 saturated carbocycles. The van der Waals surface area contributed by atoms with Crippen molar-refractivity contribution >= 4 is 5.91 Å². The topological polar surface area (TPSA) is 35.6 Å². The van der Waals surface area contributed by atoms with Gasteiger partial charge < -0.3 is 15.1 Å². The molecule has 0 spiro atoms. The fourth-order valence-electron chi connectivity index (χ4n) is 2.31. The lowest BCUT2D eigenvalue weighted by molar-refractivity contribution is -0.137. The summed E-state index contributed by atoms with van der Waals surface area (Å²) in [5.74, 6) is 0.242. The van der Waals surface area contributed by atoms with Crippen molar-refractivity contribution in [3.05, 3.63) is 0 Å². The molecule has 1 aliphatic heterocycles. The monoisotopic (exact) mass is 241 g/mol. The average molecular weight is 241 g/mol. The Morgan fingerprint density at radius 1 is 1.47 bits per heavy atom. The Kier molecular flexibility index (Phi) is 4.95. The Bertz CT molecular complexity index is 263. The summed E-state index contributed by atoms with van der Waals surface area (Å²) in [7, 11) is 4.14. The van der Waals surface area contributed by atoms with Gasteiger partial charge in [-0.2, -0.15) is 0 Å². The van der Waals surface area contributed by atoms with Crippen LogP contribution in [0.5, 0.6) is 0 Å². The second kappa shape index (κ2) is 5.83. The summed E-state index contributed by atoms with van der Waals surface area (Å²) >= 11 is 0. The van der Waals surface area contributed by atoms with Crippen LogP contribution in [0, 0.1) is 0 Å². The predicted octanol–water partition coefficient (Wildman–Crippen LogP) is 0.927. The van der Waals surface area contributed by atoms with Gasteiger partial charge in [-0.25, -0.2) is 0 Å². The zero-order valence-corrected chi connectivity index (χ0v) is 11.9. The molecular weight excluding hydrogens is 214 g/mol. The third-order valence-electron chi connectivity index (χ3n) is 3.54. The van der Waals surface area contributed by atoms with Crippen LogP contribution in [0.2, 0.25) is 0 Å². The molecule has 1 fully saturated rings. The largest absolute Gasteiger partial charge is 0.336 e. The van der Waals surface area contributed by atoms with Gasteiger partial charge in [-0.15, -0.1) is 0 Å². The van der Waals surface area contributed by atoms with E-state index in [1.54, 1.807) is 0 Å². The van der Waals surface area contributed by atoms with Gasteiger partial charge in [0, 0.05) is 12.1 Å². The third kappa shape index (κ3) is 3.96. The Balaban J connectivity index is 2.64. The molecule has 1 unspecified atom stereocenters. The van der Waals surface area contributed by atoms with Crippen molar-refractivity contribution in [1.29, 1.82) is 0 Å². The minimum Gasteiger partial charge on any atom is -0.336 e. The van der Waals surface area contributed by atoms with Crippen molar-refractivity contribution in [2.75, 3.05) is 33.7 Å². The van der Waals surface area contributed by atoms with Crippen molar-refractivity contribution in [2.24, 2.45) is 0 Å². The standard InChI is InChI=1S/C13H27N3O/c1-11-12(17)16(10-6-9-15(4)5)13(2,3)7-8-14-11/h11,14H,6-10H2,1-5H3. The third-order valence-corrected chi connectivity index (χ3v) is 3.54. The van der Waals surface area contributed by atoms with E-state index in [2.05, 4.69) is 43.1 Å². The van der Waals surface area contributed by atoms with Crippen LogP contribution in [0.25, 0.3) is 0 Å². The molecule has 0 radical (unpaired) electrons. The van der Waals surface area contributed by atoms with Crippen molar-refractivity contribution in [2.45, 2.75) is 45.2 Å². The summed E-state index contributed by atoms with van der Waals surface area (Å²) < 4.78 is 0. The normalized spacial score (nSPS) is 25.2. The maximum atomic E-state index is 12.3. The zero-order chi connectivity index (χ0) is 13.1. The van der Waals surface area contributed by atoms with Crippen LogP contribution in [0.15, 0.2) is 0 Å². The molecule has 1 saturated heterocycles. The zero-order valence-electron chi connectivity index (χ0n) is 11.9. The van der Waals surface area contributed by atoms with Crippen LogP contribution >= 0.6 is 0 Å². The molecular formula is C13H27N3O. The van der Waals surface area contributed by atoms with E-state index in [1.807, 2.05) is 6.92 Å². The van der Waals surface area contributed by atoms with Crippen molar-refractivity contribution in [1.82, 2.24) is 15.1 Å². The van der Waals surface area contributed by atoms with Crippen LogP contribution in [0.4, 0.5) is 0 Å². The molecule has 1 N–H and O–H groups in total. The first-order valence-electron chi connectivity index (χ1n) is 6.54. The van der Waals surface area contributed by atoms with E-state index in [9.17, 15) is 4.79 Å². The molecule has 0 bridgehead atoms. The number of hydrogen-bond donors (Lipinski definition) is 1. The summed E-state index contributed by atoms with van der Waals surface area (Å²) in [5.41, 5.74) is -0.0266. The predicted molar refractivity (Wildman–Crippen MR) is 71.0 cm³/mol. The molecule has 100 valence electrons. The van der Waals surface area contributed by atoms with Crippen LogP contribution in [-0.4, -0.2) is 61.0 Å². The number of hydrogen-bond acceptors (Lipinski definition) is 3. The van der Waals surface area contributed by atoms with Gasteiger partial charge in [0.1, 0.15) is 0 Å². The van der Waals surface area contributed by atoms with Gasteiger partial charge in [0.2, 0.25) is 5.91 Å². The van der Waals surface area contributed by atoms with Crippen LogP contribution < -0.4 is 5.32 Å². The van der Waals surface area contributed by atoms with E-state index in [0.717, 1.165) is 32.5 Å². The van der Waals surface area contributed by atoms with Crippen LogP contribution in [0.3, 0.4) is 0 Å². The van der Waals surface area contributed by atoms with Gasteiger partial charge in [-0.1, -0.05) is 0 Å². The smallest absolute Gasteiger partial charge is 0.239 e. The van der Waals surface area contributed by atoms with E-state index in [-0.39, 0.29) is 17.5 Å². The Morgan fingerprint density at radius 3 is 2.71 bits per heavy atom. The van der Waals surface area contributed by atoms with Gasteiger partial charge >= 0.3 is 0 Å². The quantitative estimate of drug-likeness (QED) is 0.795. The highest BCUT2D eigenvalue weighted by Crippen LogP contribution is 2.22. The highest BCUT2D eigenvalue weighted by atomic mass is 16.2. The lowest BCUT2D eigenvalue weighted by Crippen LogP contribution is -2.51. The number of carbonyl (C=O) groups is 1. The molecule has 0 aromatic heterocycles. The Labute approximate surface area is 105 Å². The summed E-state index contributed by atoms with van der Waals surface area (Å²) in [4.78, 5) is 16.5. The minimum atomic E-state index is -0.0452. The van der Waals surface area contributed by atoms with Crippen LogP contribution in [-0.2, 0) is 4.79 Å². The molecule has 1 aliphatic rings. The Morgan fingerprint density at radius 2 is 2.12 bits per heavy atom. The number of amides is 1. The van der Waals surface area contributed by atoms with E-state index in [1.165, 1.54) is 0 Å². The number of nitrogens with one attached hydrogen (secondary N) is 1. The molecule has 0 aromatic rings. The molecule has 0 aliphatic carbocycles. The van der Waals surface area contributed by atoms with Crippen molar-refractivity contribution < 1.29 is 4.79 Å². The summed E-state index contributed by atoms with van der Waals surface area (Å²) in [6.45, 7) is 9.10. The summed E-state index contributed by atoms with van der Waals surface area (Å²) in [5, 5.41) is 3.28. The first kappa shape index (κ1) is 14.5.